The molecule has 1 fully saturated rings. The van der Waals surface area contributed by atoms with Crippen molar-refractivity contribution in [2.75, 3.05) is 13.1 Å². The van der Waals surface area contributed by atoms with E-state index in [1.54, 1.807) is 6.20 Å². The van der Waals surface area contributed by atoms with Gasteiger partial charge in [0.2, 0.25) is 5.82 Å². The number of rotatable bonds is 7. The lowest BCUT2D eigenvalue weighted by Crippen LogP contribution is -2.49. The van der Waals surface area contributed by atoms with Crippen molar-refractivity contribution in [3.8, 4) is 23.0 Å². The number of nitrogens with zero attached hydrogens (tertiary/aromatic N) is 4. The van der Waals surface area contributed by atoms with Gasteiger partial charge in [-0.15, -0.1) is 0 Å². The molecule has 0 unspecified atom stereocenters. The average molecular weight is 392 g/mol. The van der Waals surface area contributed by atoms with Crippen molar-refractivity contribution < 1.29 is 14.4 Å². The smallest absolute Gasteiger partial charge is 0.309 e. The van der Waals surface area contributed by atoms with Crippen LogP contribution < -0.4 is 0 Å². The van der Waals surface area contributed by atoms with E-state index in [1.165, 1.54) is 5.56 Å². The summed E-state index contributed by atoms with van der Waals surface area (Å²) in [5, 5.41) is 13.0. The molecule has 1 aliphatic heterocycles. The van der Waals surface area contributed by atoms with Gasteiger partial charge in [0.15, 0.2) is 0 Å². The van der Waals surface area contributed by atoms with Crippen molar-refractivity contribution >= 4 is 5.97 Å². The number of hydrogen-bond acceptors (Lipinski definition) is 6. The summed E-state index contributed by atoms with van der Waals surface area (Å²) in [5.74, 6) is 0.566. The van der Waals surface area contributed by atoms with E-state index in [1.807, 2.05) is 24.3 Å². The van der Waals surface area contributed by atoms with E-state index in [2.05, 4.69) is 46.0 Å². The van der Waals surface area contributed by atoms with Gasteiger partial charge in [0.25, 0.3) is 5.89 Å². The van der Waals surface area contributed by atoms with Gasteiger partial charge in [-0.2, -0.15) is 4.98 Å². The lowest BCUT2D eigenvalue weighted by atomic mass is 10.00. The summed E-state index contributed by atoms with van der Waals surface area (Å²) in [4.78, 5) is 21.9. The summed E-state index contributed by atoms with van der Waals surface area (Å²) < 4.78 is 5.39. The molecular weight excluding hydrogens is 368 g/mol. The first-order chi connectivity index (χ1) is 14.0. The third-order valence-corrected chi connectivity index (χ3v) is 5.04. The Kier molecular flexibility index (Phi) is 5.40. The van der Waals surface area contributed by atoms with Crippen LogP contribution >= 0.6 is 0 Å². The largest absolute Gasteiger partial charge is 0.481 e. The first-order valence-electron chi connectivity index (χ1n) is 9.81. The summed E-state index contributed by atoms with van der Waals surface area (Å²) in [6.45, 7) is 6.26. The van der Waals surface area contributed by atoms with Gasteiger partial charge >= 0.3 is 5.97 Å². The maximum atomic E-state index is 10.9. The molecule has 150 valence electrons. The predicted molar refractivity (Wildman–Crippen MR) is 108 cm³/mol. The molecule has 1 N–H and O–H groups in total. The van der Waals surface area contributed by atoms with Gasteiger partial charge < -0.3 is 9.63 Å². The number of hydrogen-bond donors (Lipinski definition) is 1. The molecule has 0 spiro atoms. The monoisotopic (exact) mass is 392 g/mol. The number of likely N-dealkylation sites (tertiary alicyclic amines) is 1. The van der Waals surface area contributed by atoms with Crippen LogP contribution in [0.25, 0.3) is 23.0 Å². The Balaban J connectivity index is 1.39. The van der Waals surface area contributed by atoms with Crippen molar-refractivity contribution in [3.05, 3.63) is 53.7 Å². The molecule has 0 amide bonds. The van der Waals surface area contributed by atoms with Gasteiger partial charge in [-0.05, 0) is 29.5 Å². The Bertz CT molecular complexity index is 974. The molecule has 0 saturated carbocycles. The Morgan fingerprint density at radius 2 is 1.90 bits per heavy atom. The number of benzene rings is 1. The third kappa shape index (κ3) is 4.51. The van der Waals surface area contributed by atoms with Crippen molar-refractivity contribution in [2.24, 2.45) is 11.8 Å². The molecule has 4 rings (SSSR count). The average Bonchev–Trinajstić information content (AvgIpc) is 3.15. The van der Waals surface area contributed by atoms with Crippen LogP contribution in [0.1, 0.15) is 25.0 Å². The predicted octanol–water partition coefficient (Wildman–Crippen LogP) is 3.51. The molecule has 7 heteroatoms. The normalized spacial score (nSPS) is 14.9. The molecule has 0 radical (unpaired) electrons. The maximum Gasteiger partial charge on any atom is 0.309 e. The van der Waals surface area contributed by atoms with Gasteiger partial charge in [0, 0.05) is 31.4 Å². The topological polar surface area (TPSA) is 92.4 Å². The molecule has 0 atom stereocenters. The highest BCUT2D eigenvalue weighted by atomic mass is 16.5. The second kappa shape index (κ2) is 8.13. The molecular formula is C22H24N4O3. The third-order valence-electron chi connectivity index (χ3n) is 5.04. The molecule has 1 aliphatic rings. The standard InChI is InChI=1S/C22H24N4O3/c1-14(2)9-15-3-6-17(7-4-15)20-24-21(29-25-20)19-8-5-16(10-23-19)11-26-12-18(13-26)22(27)28/h3-8,10,14,18H,9,11-13H2,1-2H3,(H,27,28). The molecule has 0 aliphatic carbocycles. The van der Waals surface area contributed by atoms with E-state index in [0.717, 1.165) is 17.5 Å². The van der Waals surface area contributed by atoms with Crippen LogP contribution in [0.3, 0.4) is 0 Å². The summed E-state index contributed by atoms with van der Waals surface area (Å²) in [5.41, 5.74) is 3.85. The number of pyridine rings is 1. The lowest BCUT2D eigenvalue weighted by molar-refractivity contribution is -0.147. The van der Waals surface area contributed by atoms with E-state index in [0.29, 0.717) is 43.0 Å². The van der Waals surface area contributed by atoms with Crippen LogP contribution in [0.4, 0.5) is 0 Å². The Hall–Kier alpha value is -3.06. The first kappa shape index (κ1) is 19.3. The fourth-order valence-electron chi connectivity index (χ4n) is 3.46. The Morgan fingerprint density at radius 1 is 1.17 bits per heavy atom. The zero-order valence-corrected chi connectivity index (χ0v) is 16.6. The number of carboxylic acid groups (broad SMARTS) is 1. The summed E-state index contributed by atoms with van der Waals surface area (Å²) in [7, 11) is 0. The maximum absolute atomic E-state index is 10.9. The fourth-order valence-corrected chi connectivity index (χ4v) is 3.46. The Labute approximate surface area is 169 Å². The molecule has 1 aromatic carbocycles. The van der Waals surface area contributed by atoms with Crippen LogP contribution in [-0.2, 0) is 17.8 Å². The van der Waals surface area contributed by atoms with Crippen molar-refractivity contribution in [1.82, 2.24) is 20.0 Å². The van der Waals surface area contributed by atoms with E-state index in [-0.39, 0.29) is 5.92 Å². The number of carbonyl (C=O) groups is 1. The lowest BCUT2D eigenvalue weighted by Gasteiger charge is -2.36. The minimum atomic E-state index is -0.725. The van der Waals surface area contributed by atoms with E-state index in [9.17, 15) is 4.79 Å². The van der Waals surface area contributed by atoms with Gasteiger partial charge in [-0.25, -0.2) is 0 Å². The van der Waals surface area contributed by atoms with Crippen molar-refractivity contribution in [2.45, 2.75) is 26.8 Å². The highest BCUT2D eigenvalue weighted by Gasteiger charge is 2.32. The molecule has 1 saturated heterocycles. The molecule has 29 heavy (non-hydrogen) atoms. The van der Waals surface area contributed by atoms with E-state index < -0.39 is 5.97 Å². The number of aliphatic carboxylic acids is 1. The molecule has 3 aromatic rings. The van der Waals surface area contributed by atoms with Crippen LogP contribution in [0, 0.1) is 11.8 Å². The minimum absolute atomic E-state index is 0.251. The zero-order chi connectivity index (χ0) is 20.4. The number of aromatic nitrogens is 3. The second-order valence-corrected chi connectivity index (χ2v) is 8.00. The number of carboxylic acids is 1. The zero-order valence-electron chi connectivity index (χ0n) is 16.6. The van der Waals surface area contributed by atoms with Gasteiger partial charge in [0.1, 0.15) is 5.69 Å². The Morgan fingerprint density at radius 3 is 2.52 bits per heavy atom. The summed E-state index contributed by atoms with van der Waals surface area (Å²) in [6.07, 6.45) is 2.82. The quantitative estimate of drug-likeness (QED) is 0.658. The van der Waals surface area contributed by atoms with Crippen molar-refractivity contribution in [3.63, 3.8) is 0 Å². The van der Waals surface area contributed by atoms with Gasteiger partial charge in [-0.3, -0.25) is 14.7 Å². The highest BCUT2D eigenvalue weighted by Crippen LogP contribution is 2.23. The van der Waals surface area contributed by atoms with E-state index in [4.69, 9.17) is 9.63 Å². The highest BCUT2D eigenvalue weighted by molar-refractivity contribution is 5.71. The molecule has 7 nitrogen and oxygen atoms in total. The van der Waals surface area contributed by atoms with Gasteiger partial charge in [0.05, 0.1) is 5.92 Å². The summed E-state index contributed by atoms with van der Waals surface area (Å²) >= 11 is 0. The SMILES string of the molecule is CC(C)Cc1ccc(-c2noc(-c3ccc(CN4CC(C(=O)O)C4)cn3)n2)cc1. The van der Waals surface area contributed by atoms with Crippen molar-refractivity contribution in [1.29, 1.82) is 0 Å². The molecule has 3 heterocycles. The summed E-state index contributed by atoms with van der Waals surface area (Å²) in [6, 6.07) is 12.0. The first-order valence-corrected chi connectivity index (χ1v) is 9.81. The van der Waals surface area contributed by atoms with Crippen LogP contribution in [0.15, 0.2) is 47.1 Å². The van der Waals surface area contributed by atoms with Gasteiger partial charge in [-0.1, -0.05) is 49.3 Å². The van der Waals surface area contributed by atoms with Crippen LogP contribution in [0.5, 0.6) is 0 Å². The van der Waals surface area contributed by atoms with E-state index >= 15 is 0 Å². The molecule has 0 bridgehead atoms. The second-order valence-electron chi connectivity index (χ2n) is 8.00. The fraction of sp³-hybridized carbons (Fsp3) is 0.364. The molecule has 2 aromatic heterocycles. The van der Waals surface area contributed by atoms with Crippen LogP contribution in [0.2, 0.25) is 0 Å². The minimum Gasteiger partial charge on any atom is -0.481 e. The van der Waals surface area contributed by atoms with Crippen LogP contribution in [-0.4, -0.2) is 44.2 Å².